The van der Waals surface area contributed by atoms with Gasteiger partial charge in [-0.25, -0.2) is 9.59 Å². The monoisotopic (exact) mass is 290 g/mol. The normalized spacial score (nSPS) is 10.2. The second kappa shape index (κ2) is 7.62. The highest BCUT2D eigenvalue weighted by atomic mass is 16.5. The molecule has 0 spiro atoms. The molecule has 0 amide bonds. The van der Waals surface area contributed by atoms with Crippen LogP contribution in [-0.2, 0) is 17.6 Å². The quantitative estimate of drug-likeness (QED) is 0.471. The molecule has 4 heteroatoms. The number of hydrogen-bond acceptors (Lipinski definition) is 3. The number of rotatable bonds is 7. The number of hydrogen-bond donors (Lipinski definition) is 1. The molecule has 0 saturated heterocycles. The third-order valence-corrected chi connectivity index (χ3v) is 3.11. The maximum atomic E-state index is 11.7. The number of carbonyl (C=O) groups is 2. The van der Waals surface area contributed by atoms with Crippen LogP contribution in [-0.4, -0.2) is 17.0 Å². The Morgan fingerprint density at radius 1 is 1.14 bits per heavy atom. The SMILES string of the molecule is C=C(C)C(=O)Oc1cc(CCC)c(C(=O)O)cc1CCC. The Bertz CT molecular complexity index is 558. The van der Waals surface area contributed by atoms with Crippen LogP contribution in [0.4, 0.5) is 0 Å². The van der Waals surface area contributed by atoms with Crippen LogP contribution in [0.1, 0.15) is 55.1 Å². The van der Waals surface area contributed by atoms with Gasteiger partial charge in [-0.15, -0.1) is 0 Å². The number of carboxylic acids is 1. The Hall–Kier alpha value is -2.10. The van der Waals surface area contributed by atoms with E-state index in [4.69, 9.17) is 4.74 Å². The molecule has 114 valence electrons. The number of carboxylic acid groups (broad SMARTS) is 1. The summed E-state index contributed by atoms with van der Waals surface area (Å²) < 4.78 is 5.35. The summed E-state index contributed by atoms with van der Waals surface area (Å²) >= 11 is 0. The van der Waals surface area contributed by atoms with Crippen molar-refractivity contribution in [2.75, 3.05) is 0 Å². The molecule has 0 saturated carbocycles. The van der Waals surface area contributed by atoms with Crippen molar-refractivity contribution in [3.63, 3.8) is 0 Å². The molecule has 0 fully saturated rings. The standard InChI is InChI=1S/C17H22O4/c1-5-7-12-10-15(21-17(20)11(3)4)13(8-6-2)9-14(12)16(18)19/h9-10H,3,5-8H2,1-2,4H3,(H,18,19). The molecule has 1 aromatic carbocycles. The number of aryl methyl sites for hydroxylation is 2. The second-order valence-electron chi connectivity index (χ2n) is 5.09. The molecule has 21 heavy (non-hydrogen) atoms. The predicted molar refractivity (Wildman–Crippen MR) is 81.8 cm³/mol. The van der Waals surface area contributed by atoms with Crippen molar-refractivity contribution in [2.45, 2.75) is 46.5 Å². The maximum Gasteiger partial charge on any atom is 0.338 e. The number of esters is 1. The van der Waals surface area contributed by atoms with Crippen LogP contribution in [0.3, 0.4) is 0 Å². The van der Waals surface area contributed by atoms with E-state index in [1.165, 1.54) is 0 Å². The Morgan fingerprint density at radius 2 is 1.71 bits per heavy atom. The van der Waals surface area contributed by atoms with Crippen molar-refractivity contribution in [3.8, 4) is 5.75 Å². The molecule has 0 heterocycles. The van der Waals surface area contributed by atoms with E-state index in [-0.39, 0.29) is 5.56 Å². The van der Waals surface area contributed by atoms with Crippen LogP contribution in [0.15, 0.2) is 24.3 Å². The lowest BCUT2D eigenvalue weighted by Crippen LogP contribution is -2.12. The Balaban J connectivity index is 3.31. The minimum Gasteiger partial charge on any atom is -0.478 e. The zero-order chi connectivity index (χ0) is 16.0. The Labute approximate surface area is 125 Å². The van der Waals surface area contributed by atoms with Gasteiger partial charge >= 0.3 is 11.9 Å². The first-order chi connectivity index (χ1) is 9.90. The molecule has 0 unspecified atom stereocenters. The van der Waals surface area contributed by atoms with E-state index in [0.29, 0.717) is 29.7 Å². The van der Waals surface area contributed by atoms with E-state index in [1.54, 1.807) is 19.1 Å². The first-order valence-corrected chi connectivity index (χ1v) is 7.17. The third kappa shape index (κ3) is 4.45. The van der Waals surface area contributed by atoms with E-state index < -0.39 is 11.9 Å². The molecule has 0 aliphatic heterocycles. The van der Waals surface area contributed by atoms with Gasteiger partial charge in [-0.2, -0.15) is 0 Å². The number of ether oxygens (including phenoxy) is 1. The summed E-state index contributed by atoms with van der Waals surface area (Å²) in [5.41, 5.74) is 2.03. The summed E-state index contributed by atoms with van der Waals surface area (Å²) in [5.74, 6) is -0.996. The summed E-state index contributed by atoms with van der Waals surface area (Å²) in [6.45, 7) is 9.11. The topological polar surface area (TPSA) is 63.6 Å². The van der Waals surface area contributed by atoms with Gasteiger partial charge in [0, 0.05) is 5.57 Å². The number of carbonyl (C=O) groups excluding carboxylic acids is 1. The van der Waals surface area contributed by atoms with Crippen molar-refractivity contribution >= 4 is 11.9 Å². The van der Waals surface area contributed by atoms with Gasteiger partial charge in [0.05, 0.1) is 5.56 Å². The first kappa shape index (κ1) is 17.0. The van der Waals surface area contributed by atoms with Crippen LogP contribution in [0.2, 0.25) is 0 Å². The molecule has 0 aliphatic carbocycles. The molecular formula is C17H22O4. The van der Waals surface area contributed by atoms with E-state index in [9.17, 15) is 14.7 Å². The van der Waals surface area contributed by atoms with Crippen molar-refractivity contribution in [3.05, 3.63) is 41.0 Å². The third-order valence-electron chi connectivity index (χ3n) is 3.11. The molecule has 0 radical (unpaired) electrons. The molecule has 1 rings (SSSR count). The van der Waals surface area contributed by atoms with Crippen molar-refractivity contribution in [1.29, 1.82) is 0 Å². The summed E-state index contributed by atoms with van der Waals surface area (Å²) in [4.78, 5) is 23.1. The molecule has 0 aliphatic rings. The fourth-order valence-corrected chi connectivity index (χ4v) is 2.09. The summed E-state index contributed by atoms with van der Waals surface area (Å²) in [7, 11) is 0. The largest absolute Gasteiger partial charge is 0.478 e. The lowest BCUT2D eigenvalue weighted by Gasteiger charge is -2.14. The van der Waals surface area contributed by atoms with E-state index in [0.717, 1.165) is 18.4 Å². The van der Waals surface area contributed by atoms with Crippen LogP contribution in [0.25, 0.3) is 0 Å². The van der Waals surface area contributed by atoms with Crippen LogP contribution in [0, 0.1) is 0 Å². The maximum absolute atomic E-state index is 11.7. The molecule has 0 aromatic heterocycles. The smallest absolute Gasteiger partial charge is 0.338 e. The molecule has 4 nitrogen and oxygen atoms in total. The van der Waals surface area contributed by atoms with Gasteiger partial charge < -0.3 is 9.84 Å². The van der Waals surface area contributed by atoms with E-state index >= 15 is 0 Å². The van der Waals surface area contributed by atoms with Gasteiger partial charge in [-0.05, 0) is 43.0 Å². The fourth-order valence-electron chi connectivity index (χ4n) is 2.09. The summed E-state index contributed by atoms with van der Waals surface area (Å²) in [6, 6.07) is 3.30. The molecule has 0 bridgehead atoms. The molecule has 1 N–H and O–H groups in total. The highest BCUT2D eigenvalue weighted by molar-refractivity contribution is 5.91. The second-order valence-corrected chi connectivity index (χ2v) is 5.09. The average molecular weight is 290 g/mol. The number of benzene rings is 1. The van der Waals surface area contributed by atoms with Gasteiger partial charge in [-0.1, -0.05) is 33.3 Å². The minimum absolute atomic E-state index is 0.287. The highest BCUT2D eigenvalue weighted by Gasteiger charge is 2.17. The molecule has 1 aromatic rings. The van der Waals surface area contributed by atoms with Crippen molar-refractivity contribution in [1.82, 2.24) is 0 Å². The van der Waals surface area contributed by atoms with Crippen LogP contribution < -0.4 is 4.74 Å². The van der Waals surface area contributed by atoms with Gasteiger partial charge in [0.1, 0.15) is 5.75 Å². The van der Waals surface area contributed by atoms with Crippen LogP contribution in [0.5, 0.6) is 5.75 Å². The van der Waals surface area contributed by atoms with Crippen molar-refractivity contribution < 1.29 is 19.4 Å². The van der Waals surface area contributed by atoms with Crippen molar-refractivity contribution in [2.24, 2.45) is 0 Å². The van der Waals surface area contributed by atoms with Gasteiger partial charge in [0.15, 0.2) is 0 Å². The van der Waals surface area contributed by atoms with Gasteiger partial charge in [0.2, 0.25) is 0 Å². The zero-order valence-corrected chi connectivity index (χ0v) is 12.9. The Morgan fingerprint density at radius 3 is 2.19 bits per heavy atom. The predicted octanol–water partition coefficient (Wildman–Crippen LogP) is 3.77. The first-order valence-electron chi connectivity index (χ1n) is 7.17. The average Bonchev–Trinajstić information content (AvgIpc) is 2.41. The summed E-state index contributed by atoms with van der Waals surface area (Å²) in [6.07, 6.45) is 2.95. The van der Waals surface area contributed by atoms with E-state index in [2.05, 4.69) is 6.58 Å². The molecular weight excluding hydrogens is 268 g/mol. The fraction of sp³-hybridized carbons (Fsp3) is 0.412. The lowest BCUT2D eigenvalue weighted by atomic mass is 9.97. The van der Waals surface area contributed by atoms with Gasteiger partial charge in [0.25, 0.3) is 0 Å². The lowest BCUT2D eigenvalue weighted by molar-refractivity contribution is -0.130. The summed E-state index contributed by atoms with van der Waals surface area (Å²) in [5, 5.41) is 9.32. The Kier molecular flexibility index (Phi) is 6.15. The minimum atomic E-state index is -0.950. The number of aromatic carboxylic acids is 1. The molecule has 0 atom stereocenters. The van der Waals surface area contributed by atoms with Gasteiger partial charge in [-0.3, -0.25) is 0 Å². The zero-order valence-electron chi connectivity index (χ0n) is 12.9. The van der Waals surface area contributed by atoms with Crippen LogP contribution >= 0.6 is 0 Å². The highest BCUT2D eigenvalue weighted by Crippen LogP contribution is 2.27. The van der Waals surface area contributed by atoms with E-state index in [1.807, 2.05) is 13.8 Å².